The molecule has 0 radical (unpaired) electrons. The number of fused-ring (bicyclic) bond motifs is 5. The quantitative estimate of drug-likeness (QED) is 0.392. The van der Waals surface area contributed by atoms with Crippen molar-refractivity contribution >= 4 is 15.9 Å². The number of allylic oxidation sites excluding steroid dienone is 2. The smallest absolute Gasteiger partial charge is 0.00517 e. The van der Waals surface area contributed by atoms with Gasteiger partial charge in [0, 0.05) is 0 Å². The van der Waals surface area contributed by atoms with E-state index in [2.05, 4.69) is 50.5 Å². The van der Waals surface area contributed by atoms with Gasteiger partial charge in [0.05, 0.1) is 0 Å². The van der Waals surface area contributed by atoms with Crippen LogP contribution in [-0.2, 0) is 0 Å². The molecule has 28 heavy (non-hydrogen) atoms. The van der Waals surface area contributed by atoms with Crippen molar-refractivity contribution in [1.82, 2.24) is 0 Å². The third-order valence-electron chi connectivity index (χ3n) is 10.3. The molecule has 0 bridgehead atoms. The zero-order valence-corrected chi connectivity index (χ0v) is 20.9. The number of hydrogen-bond donors (Lipinski definition) is 0. The highest BCUT2D eigenvalue weighted by Crippen LogP contribution is 2.68. The summed E-state index contributed by atoms with van der Waals surface area (Å²) in [4.78, 5) is 0. The van der Waals surface area contributed by atoms with Crippen LogP contribution in [0.25, 0.3) is 0 Å². The standard InChI is InChI=1S/C27H45Br/c1-18(2)8-6-9-19(3)21-13-14-22-20-11-12-24-25(28)10-7-16-26(24,4)23(20)15-17-27(21,22)5/h18-23H,6-17H2,1-5H3/t19-,20+,21-,22+,23+,26-,27-/m1/s1. The fourth-order valence-electron chi connectivity index (χ4n) is 8.87. The Morgan fingerprint density at radius 1 is 0.929 bits per heavy atom. The molecule has 4 rings (SSSR count). The van der Waals surface area contributed by atoms with Gasteiger partial charge < -0.3 is 0 Å². The zero-order valence-electron chi connectivity index (χ0n) is 19.3. The van der Waals surface area contributed by atoms with Gasteiger partial charge >= 0.3 is 0 Å². The predicted molar refractivity (Wildman–Crippen MR) is 126 cm³/mol. The summed E-state index contributed by atoms with van der Waals surface area (Å²) < 4.78 is 1.59. The molecule has 3 saturated carbocycles. The van der Waals surface area contributed by atoms with Crippen molar-refractivity contribution in [1.29, 1.82) is 0 Å². The van der Waals surface area contributed by atoms with Crippen molar-refractivity contribution in [2.75, 3.05) is 0 Å². The highest BCUT2D eigenvalue weighted by molar-refractivity contribution is 9.11. The van der Waals surface area contributed by atoms with E-state index in [0.29, 0.717) is 10.8 Å². The molecule has 3 fully saturated rings. The fourth-order valence-corrected chi connectivity index (χ4v) is 9.80. The van der Waals surface area contributed by atoms with E-state index in [0.717, 1.165) is 35.5 Å². The summed E-state index contributed by atoms with van der Waals surface area (Å²) in [6.45, 7) is 12.8. The summed E-state index contributed by atoms with van der Waals surface area (Å²) in [5.41, 5.74) is 2.99. The Balaban J connectivity index is 1.50. The molecule has 7 atom stereocenters. The normalized spacial score (nSPS) is 44.2. The topological polar surface area (TPSA) is 0 Å². The summed E-state index contributed by atoms with van der Waals surface area (Å²) >= 11 is 3.99. The van der Waals surface area contributed by atoms with Crippen molar-refractivity contribution in [3.8, 4) is 0 Å². The average Bonchev–Trinajstić information content (AvgIpc) is 2.98. The maximum absolute atomic E-state index is 3.99. The lowest BCUT2D eigenvalue weighted by atomic mass is 9.46. The van der Waals surface area contributed by atoms with Crippen LogP contribution in [0.5, 0.6) is 0 Å². The molecule has 0 heterocycles. The van der Waals surface area contributed by atoms with Crippen LogP contribution in [0, 0.1) is 46.3 Å². The van der Waals surface area contributed by atoms with Crippen molar-refractivity contribution in [2.24, 2.45) is 46.3 Å². The molecule has 0 spiro atoms. The van der Waals surface area contributed by atoms with Crippen molar-refractivity contribution in [3.05, 3.63) is 10.1 Å². The third-order valence-corrected chi connectivity index (χ3v) is 11.2. The van der Waals surface area contributed by atoms with Crippen LogP contribution in [0.15, 0.2) is 10.1 Å². The second-order valence-electron chi connectivity index (χ2n) is 12.1. The predicted octanol–water partition coefficient (Wildman–Crippen LogP) is 9.14. The van der Waals surface area contributed by atoms with E-state index in [1.54, 1.807) is 4.48 Å². The van der Waals surface area contributed by atoms with Crippen LogP contribution in [0.4, 0.5) is 0 Å². The van der Waals surface area contributed by atoms with Crippen LogP contribution >= 0.6 is 15.9 Å². The van der Waals surface area contributed by atoms with Crippen LogP contribution in [-0.4, -0.2) is 0 Å². The van der Waals surface area contributed by atoms with Gasteiger partial charge in [0.1, 0.15) is 0 Å². The van der Waals surface area contributed by atoms with Gasteiger partial charge in [-0.25, -0.2) is 0 Å². The van der Waals surface area contributed by atoms with Crippen molar-refractivity contribution in [2.45, 2.75) is 112 Å². The Hall–Kier alpha value is 0.220. The van der Waals surface area contributed by atoms with Gasteiger partial charge in [-0.2, -0.15) is 0 Å². The molecular weight excluding hydrogens is 404 g/mol. The van der Waals surface area contributed by atoms with E-state index < -0.39 is 0 Å². The summed E-state index contributed by atoms with van der Waals surface area (Å²) in [5, 5.41) is 0. The molecule has 0 aliphatic heterocycles. The fraction of sp³-hybridized carbons (Fsp3) is 0.926. The van der Waals surface area contributed by atoms with E-state index in [4.69, 9.17) is 0 Å². The van der Waals surface area contributed by atoms with Gasteiger partial charge in [0.2, 0.25) is 0 Å². The van der Waals surface area contributed by atoms with E-state index in [1.807, 2.05) is 5.57 Å². The van der Waals surface area contributed by atoms with Gasteiger partial charge in [-0.3, -0.25) is 0 Å². The van der Waals surface area contributed by atoms with E-state index in [9.17, 15) is 0 Å². The first-order valence-electron chi connectivity index (χ1n) is 12.7. The Bertz CT molecular complexity index is 603. The lowest BCUT2D eigenvalue weighted by molar-refractivity contribution is -0.0593. The first kappa shape index (κ1) is 21.5. The Morgan fingerprint density at radius 2 is 1.71 bits per heavy atom. The highest BCUT2D eigenvalue weighted by Gasteiger charge is 2.59. The molecule has 0 saturated heterocycles. The van der Waals surface area contributed by atoms with Crippen LogP contribution in [0.1, 0.15) is 112 Å². The molecule has 0 aromatic carbocycles. The van der Waals surface area contributed by atoms with E-state index >= 15 is 0 Å². The SMILES string of the molecule is CC(C)CCC[C@@H](C)[C@H]1CC[C@H]2[C@@H]3CCC4=C(Br)CCC[C@]4(C)[C@H]3CC[C@]12C. The summed E-state index contributed by atoms with van der Waals surface area (Å²) in [6, 6.07) is 0. The maximum atomic E-state index is 3.99. The van der Waals surface area contributed by atoms with E-state index in [-0.39, 0.29) is 0 Å². The minimum Gasteiger partial charge on any atom is -0.0628 e. The highest BCUT2D eigenvalue weighted by atomic mass is 79.9. The molecule has 0 nitrogen and oxygen atoms in total. The molecule has 0 aromatic heterocycles. The molecular formula is C27H45Br. The Morgan fingerprint density at radius 3 is 2.46 bits per heavy atom. The van der Waals surface area contributed by atoms with Crippen LogP contribution < -0.4 is 0 Å². The third kappa shape index (κ3) is 3.48. The summed E-state index contributed by atoms with van der Waals surface area (Å²) in [7, 11) is 0. The number of hydrogen-bond acceptors (Lipinski definition) is 0. The van der Waals surface area contributed by atoms with Gasteiger partial charge in [0.15, 0.2) is 0 Å². The minimum atomic E-state index is 0.516. The van der Waals surface area contributed by atoms with Crippen molar-refractivity contribution < 1.29 is 0 Å². The number of rotatable bonds is 5. The Kier molecular flexibility index (Phi) is 6.17. The van der Waals surface area contributed by atoms with E-state index in [1.165, 1.54) is 77.0 Å². The molecule has 4 aliphatic rings. The first-order valence-corrected chi connectivity index (χ1v) is 13.4. The lowest BCUT2D eigenvalue weighted by Crippen LogP contribution is -2.50. The van der Waals surface area contributed by atoms with Gasteiger partial charge in [0.25, 0.3) is 0 Å². The average molecular weight is 450 g/mol. The molecule has 160 valence electrons. The summed E-state index contributed by atoms with van der Waals surface area (Å²) in [5.74, 6) is 5.80. The maximum Gasteiger partial charge on any atom is -0.00517 e. The lowest BCUT2D eigenvalue weighted by Gasteiger charge is -2.59. The molecule has 4 aliphatic carbocycles. The second-order valence-corrected chi connectivity index (χ2v) is 13.1. The largest absolute Gasteiger partial charge is 0.0628 e. The summed E-state index contributed by atoms with van der Waals surface area (Å²) in [6.07, 6.45) is 17.5. The first-order chi connectivity index (χ1) is 13.3. The molecule has 1 heteroatoms. The minimum absolute atomic E-state index is 0.516. The molecule has 0 N–H and O–H groups in total. The second kappa shape index (κ2) is 8.05. The number of halogens is 1. The van der Waals surface area contributed by atoms with Gasteiger partial charge in [-0.05, 0) is 109 Å². The van der Waals surface area contributed by atoms with Crippen molar-refractivity contribution in [3.63, 3.8) is 0 Å². The zero-order chi connectivity index (χ0) is 20.1. The molecule has 0 amide bonds. The van der Waals surface area contributed by atoms with Crippen LogP contribution in [0.3, 0.4) is 0 Å². The van der Waals surface area contributed by atoms with Gasteiger partial charge in [-0.15, -0.1) is 0 Å². The van der Waals surface area contributed by atoms with Crippen LogP contribution in [0.2, 0.25) is 0 Å². The monoisotopic (exact) mass is 448 g/mol. The van der Waals surface area contributed by atoms with Gasteiger partial charge in [-0.1, -0.05) is 75.4 Å². The molecule has 0 aromatic rings. The Labute approximate surface area is 183 Å². The molecule has 0 unspecified atom stereocenters.